The van der Waals surface area contributed by atoms with Crippen molar-refractivity contribution in [3.8, 4) is 0 Å². The number of nitrogens with zero attached hydrogens (tertiary/aromatic N) is 1. The van der Waals surface area contributed by atoms with Crippen LogP contribution in [-0.4, -0.2) is 38.3 Å². The monoisotopic (exact) mass is 262 g/mol. The standard InChI is InChI=1S/C15H22N2O2/c1-15(2)11-17(9-5-8-16-15)13-7-4-6-12(10-13)14(18)19-3/h4,6-7,10,16H,5,8-9,11H2,1-3H3. The van der Waals surface area contributed by atoms with Crippen LogP contribution in [-0.2, 0) is 4.74 Å². The molecule has 0 aliphatic carbocycles. The average Bonchev–Trinajstić information content (AvgIpc) is 2.59. The van der Waals surface area contributed by atoms with Crippen LogP contribution in [0.4, 0.5) is 5.69 Å². The lowest BCUT2D eigenvalue weighted by Crippen LogP contribution is -2.46. The lowest BCUT2D eigenvalue weighted by Gasteiger charge is -2.31. The van der Waals surface area contributed by atoms with Crippen molar-refractivity contribution in [1.29, 1.82) is 0 Å². The molecule has 1 aliphatic rings. The van der Waals surface area contributed by atoms with E-state index in [0.29, 0.717) is 5.56 Å². The largest absolute Gasteiger partial charge is 0.465 e. The molecule has 1 fully saturated rings. The summed E-state index contributed by atoms with van der Waals surface area (Å²) >= 11 is 0. The third-order valence-electron chi connectivity index (χ3n) is 3.43. The number of hydrogen-bond acceptors (Lipinski definition) is 4. The number of esters is 1. The van der Waals surface area contributed by atoms with Crippen molar-refractivity contribution in [2.24, 2.45) is 0 Å². The SMILES string of the molecule is COC(=O)c1cccc(N2CCCNC(C)(C)C2)c1. The van der Waals surface area contributed by atoms with Gasteiger partial charge >= 0.3 is 5.97 Å². The maximum Gasteiger partial charge on any atom is 0.337 e. The summed E-state index contributed by atoms with van der Waals surface area (Å²) in [5, 5.41) is 3.54. The Balaban J connectivity index is 2.22. The molecule has 1 aromatic rings. The van der Waals surface area contributed by atoms with Gasteiger partial charge in [-0.1, -0.05) is 6.07 Å². The Bertz CT molecular complexity index is 457. The van der Waals surface area contributed by atoms with E-state index in [1.165, 1.54) is 7.11 Å². The van der Waals surface area contributed by atoms with E-state index in [0.717, 1.165) is 31.7 Å². The highest BCUT2D eigenvalue weighted by Crippen LogP contribution is 2.21. The maximum atomic E-state index is 11.6. The summed E-state index contributed by atoms with van der Waals surface area (Å²) in [6, 6.07) is 7.66. The van der Waals surface area contributed by atoms with E-state index in [2.05, 4.69) is 24.1 Å². The molecule has 4 heteroatoms. The minimum absolute atomic E-state index is 0.0811. The molecule has 1 heterocycles. The van der Waals surface area contributed by atoms with Crippen molar-refractivity contribution >= 4 is 11.7 Å². The third-order valence-corrected chi connectivity index (χ3v) is 3.43. The Kier molecular flexibility index (Phi) is 4.10. The number of benzene rings is 1. The highest BCUT2D eigenvalue weighted by Gasteiger charge is 2.24. The van der Waals surface area contributed by atoms with Gasteiger partial charge in [-0.25, -0.2) is 4.79 Å². The fourth-order valence-electron chi connectivity index (χ4n) is 2.48. The number of methoxy groups -OCH3 is 1. The molecule has 0 atom stereocenters. The van der Waals surface area contributed by atoms with Crippen LogP contribution in [0.15, 0.2) is 24.3 Å². The first-order valence-corrected chi connectivity index (χ1v) is 6.70. The molecule has 1 aliphatic heterocycles. The van der Waals surface area contributed by atoms with Gasteiger partial charge in [0, 0.05) is 24.3 Å². The van der Waals surface area contributed by atoms with Crippen molar-refractivity contribution in [2.45, 2.75) is 25.8 Å². The fourth-order valence-corrected chi connectivity index (χ4v) is 2.48. The predicted octanol–water partition coefficient (Wildman–Crippen LogP) is 2.05. The molecule has 4 nitrogen and oxygen atoms in total. The van der Waals surface area contributed by atoms with Gasteiger partial charge in [0.25, 0.3) is 0 Å². The number of ether oxygens (including phenoxy) is 1. The quantitative estimate of drug-likeness (QED) is 0.828. The highest BCUT2D eigenvalue weighted by atomic mass is 16.5. The Hall–Kier alpha value is -1.55. The summed E-state index contributed by atoms with van der Waals surface area (Å²) < 4.78 is 4.77. The average molecular weight is 262 g/mol. The van der Waals surface area contributed by atoms with Gasteiger partial charge in [-0.15, -0.1) is 0 Å². The Morgan fingerprint density at radius 1 is 1.42 bits per heavy atom. The van der Waals surface area contributed by atoms with Crippen LogP contribution in [0.3, 0.4) is 0 Å². The molecule has 0 radical (unpaired) electrons. The van der Waals surface area contributed by atoms with Gasteiger partial charge in [-0.3, -0.25) is 0 Å². The Morgan fingerprint density at radius 3 is 2.95 bits per heavy atom. The van der Waals surface area contributed by atoms with Crippen molar-refractivity contribution < 1.29 is 9.53 Å². The number of carbonyl (C=O) groups excluding carboxylic acids is 1. The molecule has 104 valence electrons. The smallest absolute Gasteiger partial charge is 0.337 e. The first-order valence-electron chi connectivity index (χ1n) is 6.70. The second kappa shape index (κ2) is 5.61. The van der Waals surface area contributed by atoms with Crippen LogP contribution >= 0.6 is 0 Å². The van der Waals surface area contributed by atoms with Crippen molar-refractivity contribution in [2.75, 3.05) is 31.6 Å². The van der Waals surface area contributed by atoms with E-state index in [1.807, 2.05) is 18.2 Å². The minimum atomic E-state index is -0.283. The van der Waals surface area contributed by atoms with Crippen LogP contribution in [0.5, 0.6) is 0 Å². The molecular formula is C15H22N2O2. The normalized spacial score (nSPS) is 18.8. The zero-order valence-electron chi connectivity index (χ0n) is 11.9. The number of carbonyl (C=O) groups is 1. The van der Waals surface area contributed by atoms with E-state index in [4.69, 9.17) is 4.74 Å². The number of rotatable bonds is 2. The second-order valence-electron chi connectivity index (χ2n) is 5.63. The first kappa shape index (κ1) is 13.9. The molecule has 0 saturated carbocycles. The van der Waals surface area contributed by atoms with E-state index < -0.39 is 0 Å². The molecule has 1 saturated heterocycles. The lowest BCUT2D eigenvalue weighted by molar-refractivity contribution is 0.0601. The molecule has 0 aromatic heterocycles. The van der Waals surface area contributed by atoms with Crippen molar-refractivity contribution in [1.82, 2.24) is 5.32 Å². The Morgan fingerprint density at radius 2 is 2.21 bits per heavy atom. The molecule has 0 spiro atoms. The van der Waals surface area contributed by atoms with Gasteiger partial charge in [-0.05, 0) is 45.0 Å². The van der Waals surface area contributed by atoms with Crippen molar-refractivity contribution in [3.63, 3.8) is 0 Å². The van der Waals surface area contributed by atoms with Crippen LogP contribution in [0.25, 0.3) is 0 Å². The van der Waals surface area contributed by atoms with E-state index in [-0.39, 0.29) is 11.5 Å². The van der Waals surface area contributed by atoms with Gasteiger partial charge < -0.3 is 15.0 Å². The molecule has 19 heavy (non-hydrogen) atoms. The molecular weight excluding hydrogens is 240 g/mol. The minimum Gasteiger partial charge on any atom is -0.465 e. The highest BCUT2D eigenvalue weighted by molar-refractivity contribution is 5.90. The zero-order chi connectivity index (χ0) is 13.9. The van der Waals surface area contributed by atoms with Gasteiger partial charge in [0.2, 0.25) is 0 Å². The van der Waals surface area contributed by atoms with Crippen LogP contribution in [0.2, 0.25) is 0 Å². The molecule has 1 aromatic carbocycles. The first-order chi connectivity index (χ1) is 9.02. The zero-order valence-corrected chi connectivity index (χ0v) is 11.9. The molecule has 1 N–H and O–H groups in total. The number of nitrogens with one attached hydrogen (secondary N) is 1. The van der Waals surface area contributed by atoms with Gasteiger partial charge in [0.1, 0.15) is 0 Å². The predicted molar refractivity (Wildman–Crippen MR) is 76.7 cm³/mol. The molecule has 2 rings (SSSR count). The maximum absolute atomic E-state index is 11.6. The second-order valence-corrected chi connectivity index (χ2v) is 5.63. The third kappa shape index (κ3) is 3.47. The summed E-state index contributed by atoms with van der Waals surface area (Å²) in [7, 11) is 1.41. The van der Waals surface area contributed by atoms with Crippen molar-refractivity contribution in [3.05, 3.63) is 29.8 Å². The number of hydrogen-bond donors (Lipinski definition) is 1. The summed E-state index contributed by atoms with van der Waals surface area (Å²) in [4.78, 5) is 13.9. The lowest BCUT2D eigenvalue weighted by atomic mass is 10.1. The molecule has 0 amide bonds. The summed E-state index contributed by atoms with van der Waals surface area (Å²) in [6.07, 6.45) is 1.10. The van der Waals surface area contributed by atoms with Crippen LogP contribution < -0.4 is 10.2 Å². The summed E-state index contributed by atoms with van der Waals surface area (Å²) in [5.41, 5.74) is 1.77. The summed E-state index contributed by atoms with van der Waals surface area (Å²) in [6.45, 7) is 7.36. The summed E-state index contributed by atoms with van der Waals surface area (Å²) in [5.74, 6) is -0.283. The molecule has 0 bridgehead atoms. The van der Waals surface area contributed by atoms with E-state index in [1.54, 1.807) is 6.07 Å². The fraction of sp³-hybridized carbons (Fsp3) is 0.533. The van der Waals surface area contributed by atoms with Gasteiger partial charge in [-0.2, -0.15) is 0 Å². The topological polar surface area (TPSA) is 41.6 Å². The van der Waals surface area contributed by atoms with E-state index in [9.17, 15) is 4.79 Å². The Labute approximate surface area is 114 Å². The van der Waals surface area contributed by atoms with Gasteiger partial charge in [0.05, 0.1) is 12.7 Å². The van der Waals surface area contributed by atoms with E-state index >= 15 is 0 Å². The van der Waals surface area contributed by atoms with Gasteiger partial charge in [0.15, 0.2) is 0 Å². The number of anilines is 1. The van der Waals surface area contributed by atoms with Crippen LogP contribution in [0.1, 0.15) is 30.6 Å². The molecule has 0 unspecified atom stereocenters. The van der Waals surface area contributed by atoms with Crippen LogP contribution in [0, 0.1) is 0 Å².